The van der Waals surface area contributed by atoms with Crippen molar-refractivity contribution in [3.63, 3.8) is 0 Å². The summed E-state index contributed by atoms with van der Waals surface area (Å²) in [7, 11) is 1.57. The summed E-state index contributed by atoms with van der Waals surface area (Å²) in [5.41, 5.74) is 0.524. The monoisotopic (exact) mass is 288 g/mol. The summed E-state index contributed by atoms with van der Waals surface area (Å²) in [6.07, 6.45) is 0. The van der Waals surface area contributed by atoms with Crippen molar-refractivity contribution in [3.8, 4) is 0 Å². The Labute approximate surface area is 115 Å². The lowest BCUT2D eigenvalue weighted by Gasteiger charge is -2.17. The molecule has 19 heavy (non-hydrogen) atoms. The highest BCUT2D eigenvalue weighted by Crippen LogP contribution is 2.30. The molecule has 1 aromatic carbocycles. The lowest BCUT2D eigenvalue weighted by atomic mass is 10.2. The molecule has 0 spiro atoms. The first kappa shape index (κ1) is 14.2. The summed E-state index contributed by atoms with van der Waals surface area (Å²) in [5.74, 6) is -0.813. The zero-order valence-corrected chi connectivity index (χ0v) is 11.7. The molecule has 1 heterocycles. The summed E-state index contributed by atoms with van der Waals surface area (Å²) in [6, 6.07) is 1.97. The van der Waals surface area contributed by atoms with E-state index in [1.807, 2.05) is 6.92 Å². The number of ether oxygens (including phenoxy) is 1. The molecule has 6 heteroatoms. The fourth-order valence-corrected chi connectivity index (χ4v) is 2.35. The second-order valence-electron chi connectivity index (χ2n) is 4.52. The minimum atomic E-state index is -0.683. The van der Waals surface area contributed by atoms with Gasteiger partial charge in [-0.2, -0.15) is 0 Å². The van der Waals surface area contributed by atoms with Gasteiger partial charge in [0.15, 0.2) is 5.82 Å². The van der Waals surface area contributed by atoms with Crippen molar-refractivity contribution in [1.82, 2.24) is 9.55 Å². The number of halogens is 3. The average Bonchev–Trinajstić information content (AvgIpc) is 2.68. The second kappa shape index (κ2) is 5.43. The van der Waals surface area contributed by atoms with E-state index in [4.69, 9.17) is 16.3 Å². The number of hydrogen-bond acceptors (Lipinski definition) is 2. The molecule has 0 saturated carbocycles. The smallest absolute Gasteiger partial charge is 0.153 e. The van der Waals surface area contributed by atoms with Crippen LogP contribution in [-0.4, -0.2) is 23.3 Å². The Kier molecular flexibility index (Phi) is 4.06. The van der Waals surface area contributed by atoms with Crippen molar-refractivity contribution < 1.29 is 13.5 Å². The molecule has 0 amide bonds. The SMILES string of the molecule is COCC(C)n1c(C(C)Cl)nc2c(F)cc(F)cc21. The van der Waals surface area contributed by atoms with E-state index in [0.29, 0.717) is 17.9 Å². The second-order valence-corrected chi connectivity index (χ2v) is 5.17. The standard InChI is InChI=1S/C13H15ClF2N2O/c1-7(6-19-3)18-11-5-9(15)4-10(16)12(11)17-13(18)8(2)14/h4-5,7-8H,6H2,1-3H3. The Morgan fingerprint density at radius 2 is 2.05 bits per heavy atom. The largest absolute Gasteiger partial charge is 0.383 e. The van der Waals surface area contributed by atoms with Gasteiger partial charge in [-0.1, -0.05) is 0 Å². The molecule has 0 radical (unpaired) electrons. The zero-order chi connectivity index (χ0) is 14.2. The van der Waals surface area contributed by atoms with E-state index in [1.165, 1.54) is 6.07 Å². The Morgan fingerprint density at radius 3 is 2.63 bits per heavy atom. The maximum atomic E-state index is 13.8. The number of alkyl halides is 1. The van der Waals surface area contributed by atoms with Gasteiger partial charge in [0.1, 0.15) is 17.2 Å². The van der Waals surface area contributed by atoms with E-state index in [9.17, 15) is 8.78 Å². The molecule has 2 rings (SSSR count). The molecule has 1 aromatic heterocycles. The van der Waals surface area contributed by atoms with E-state index in [2.05, 4.69) is 4.98 Å². The first-order chi connectivity index (χ1) is 8.95. The first-order valence-electron chi connectivity index (χ1n) is 5.95. The Balaban J connectivity index is 2.72. The fraction of sp³-hybridized carbons (Fsp3) is 0.462. The third kappa shape index (κ3) is 2.58. The normalized spacial score (nSPS) is 14.8. The van der Waals surface area contributed by atoms with Gasteiger partial charge in [-0.3, -0.25) is 0 Å². The quantitative estimate of drug-likeness (QED) is 0.800. The average molecular weight is 289 g/mol. The number of imidazole rings is 1. The predicted molar refractivity (Wildman–Crippen MR) is 70.5 cm³/mol. The highest BCUT2D eigenvalue weighted by Gasteiger charge is 2.21. The molecule has 0 aliphatic carbocycles. The Hall–Kier alpha value is -1.20. The summed E-state index contributed by atoms with van der Waals surface area (Å²) < 4.78 is 34.0. The maximum Gasteiger partial charge on any atom is 0.153 e. The third-order valence-electron chi connectivity index (χ3n) is 2.95. The van der Waals surface area contributed by atoms with E-state index >= 15 is 0 Å². The molecule has 0 bridgehead atoms. The van der Waals surface area contributed by atoms with Gasteiger partial charge in [-0.25, -0.2) is 13.8 Å². The van der Waals surface area contributed by atoms with Gasteiger partial charge >= 0.3 is 0 Å². The lowest BCUT2D eigenvalue weighted by molar-refractivity contribution is 0.162. The molecule has 3 nitrogen and oxygen atoms in total. The van der Waals surface area contributed by atoms with E-state index in [-0.39, 0.29) is 11.6 Å². The molecule has 0 aliphatic rings. The van der Waals surface area contributed by atoms with E-state index in [1.54, 1.807) is 18.6 Å². The summed E-state index contributed by atoms with van der Waals surface area (Å²) in [5, 5.41) is -0.408. The number of methoxy groups -OCH3 is 1. The number of benzene rings is 1. The van der Waals surface area contributed by atoms with Crippen LogP contribution >= 0.6 is 11.6 Å². The van der Waals surface area contributed by atoms with Crippen molar-refractivity contribution in [2.45, 2.75) is 25.3 Å². The predicted octanol–water partition coefficient (Wildman–Crippen LogP) is 3.82. The maximum absolute atomic E-state index is 13.8. The molecule has 2 atom stereocenters. The van der Waals surface area contributed by atoms with Crippen molar-refractivity contribution in [1.29, 1.82) is 0 Å². The lowest BCUT2D eigenvalue weighted by Crippen LogP contribution is -2.14. The topological polar surface area (TPSA) is 27.1 Å². The van der Waals surface area contributed by atoms with Crippen LogP contribution in [0, 0.1) is 11.6 Å². The zero-order valence-electron chi connectivity index (χ0n) is 11.0. The van der Waals surface area contributed by atoms with Crippen LogP contribution in [0.4, 0.5) is 8.78 Å². The Bertz CT molecular complexity index is 598. The highest BCUT2D eigenvalue weighted by molar-refractivity contribution is 6.20. The van der Waals surface area contributed by atoms with E-state index in [0.717, 1.165) is 6.07 Å². The van der Waals surface area contributed by atoms with Gasteiger partial charge in [-0.15, -0.1) is 11.6 Å². The summed E-state index contributed by atoms with van der Waals surface area (Å²) >= 11 is 6.08. The van der Waals surface area contributed by atoms with Gasteiger partial charge in [0, 0.05) is 13.2 Å². The van der Waals surface area contributed by atoms with Crippen molar-refractivity contribution >= 4 is 22.6 Å². The molecular formula is C13H15ClF2N2O. The van der Waals surface area contributed by atoms with Gasteiger partial charge in [0.25, 0.3) is 0 Å². The molecular weight excluding hydrogens is 274 g/mol. The fourth-order valence-electron chi connectivity index (χ4n) is 2.20. The van der Waals surface area contributed by atoms with Crippen LogP contribution in [0.1, 0.15) is 31.1 Å². The van der Waals surface area contributed by atoms with Crippen molar-refractivity contribution in [2.75, 3.05) is 13.7 Å². The molecule has 104 valence electrons. The van der Waals surface area contributed by atoms with Crippen LogP contribution < -0.4 is 0 Å². The van der Waals surface area contributed by atoms with Crippen LogP contribution in [-0.2, 0) is 4.74 Å². The number of fused-ring (bicyclic) bond motifs is 1. The van der Waals surface area contributed by atoms with Crippen LogP contribution in [0.3, 0.4) is 0 Å². The van der Waals surface area contributed by atoms with Crippen molar-refractivity contribution in [2.24, 2.45) is 0 Å². The molecule has 2 unspecified atom stereocenters. The third-order valence-corrected chi connectivity index (χ3v) is 3.14. The number of nitrogens with zero attached hydrogens (tertiary/aromatic N) is 2. The van der Waals surface area contributed by atoms with Crippen molar-refractivity contribution in [3.05, 3.63) is 29.6 Å². The Morgan fingerprint density at radius 1 is 1.37 bits per heavy atom. The van der Waals surface area contributed by atoms with Crippen LogP contribution in [0.5, 0.6) is 0 Å². The van der Waals surface area contributed by atoms with Gasteiger partial charge < -0.3 is 9.30 Å². The minimum absolute atomic E-state index is 0.118. The minimum Gasteiger partial charge on any atom is -0.383 e. The molecule has 0 saturated heterocycles. The van der Waals surface area contributed by atoms with Crippen LogP contribution in [0.15, 0.2) is 12.1 Å². The summed E-state index contributed by atoms with van der Waals surface area (Å²) in [6.45, 7) is 4.03. The highest BCUT2D eigenvalue weighted by atomic mass is 35.5. The van der Waals surface area contributed by atoms with Gasteiger partial charge in [0.2, 0.25) is 0 Å². The van der Waals surface area contributed by atoms with Crippen LogP contribution in [0.2, 0.25) is 0 Å². The number of hydrogen-bond donors (Lipinski definition) is 0. The molecule has 0 N–H and O–H groups in total. The summed E-state index contributed by atoms with van der Waals surface area (Å²) in [4.78, 5) is 4.19. The molecule has 0 fully saturated rings. The number of aromatic nitrogens is 2. The molecule has 2 aromatic rings. The van der Waals surface area contributed by atoms with Gasteiger partial charge in [-0.05, 0) is 19.9 Å². The molecule has 0 aliphatic heterocycles. The van der Waals surface area contributed by atoms with Gasteiger partial charge in [0.05, 0.1) is 23.5 Å². The number of rotatable bonds is 4. The van der Waals surface area contributed by atoms with Crippen LogP contribution in [0.25, 0.3) is 11.0 Å². The first-order valence-corrected chi connectivity index (χ1v) is 6.39. The van der Waals surface area contributed by atoms with E-state index < -0.39 is 17.0 Å².